The van der Waals surface area contributed by atoms with Gasteiger partial charge in [-0.05, 0) is 37.1 Å². The lowest BCUT2D eigenvalue weighted by Gasteiger charge is -2.33. The van der Waals surface area contributed by atoms with Gasteiger partial charge >= 0.3 is 0 Å². The van der Waals surface area contributed by atoms with Gasteiger partial charge in [0.1, 0.15) is 11.3 Å². The highest BCUT2D eigenvalue weighted by atomic mass is 35.5. The predicted molar refractivity (Wildman–Crippen MR) is 104 cm³/mol. The van der Waals surface area contributed by atoms with Crippen molar-refractivity contribution < 1.29 is 14.3 Å². The van der Waals surface area contributed by atoms with E-state index >= 15 is 0 Å². The first-order chi connectivity index (χ1) is 13.0. The summed E-state index contributed by atoms with van der Waals surface area (Å²) in [4.78, 5) is 30.9. The normalized spacial score (nSPS) is 14.7. The molecular weight excluding hydrogens is 389 g/mol. The van der Waals surface area contributed by atoms with Gasteiger partial charge in [0.2, 0.25) is 0 Å². The maximum Gasteiger partial charge on any atom is 0.270 e. The standard InChI is InChI=1S/C19H19Cl2N3O3/c1-27-17-14(21)6-5-13(20)16(17)19(26)24-10-7-12(8-11-24)23-18(25)15-4-2-3-9-22-15/h2-6,9,12H,7-8,10-11H2,1H3,(H,23,25). The largest absolute Gasteiger partial charge is 0.494 e. The van der Waals surface area contributed by atoms with Crippen LogP contribution in [0.2, 0.25) is 10.0 Å². The first kappa shape index (κ1) is 19.5. The van der Waals surface area contributed by atoms with Gasteiger partial charge in [-0.15, -0.1) is 0 Å². The quantitative estimate of drug-likeness (QED) is 0.842. The Balaban J connectivity index is 1.64. The Morgan fingerprint density at radius 3 is 2.48 bits per heavy atom. The van der Waals surface area contributed by atoms with Crippen LogP contribution in [-0.4, -0.2) is 47.9 Å². The predicted octanol–water partition coefficient (Wildman–Crippen LogP) is 3.43. The molecule has 8 heteroatoms. The highest BCUT2D eigenvalue weighted by Crippen LogP contribution is 2.35. The molecule has 1 aliphatic rings. The molecule has 2 amide bonds. The third-order valence-corrected chi connectivity index (χ3v) is 5.10. The van der Waals surface area contributed by atoms with E-state index in [2.05, 4.69) is 10.3 Å². The molecular formula is C19H19Cl2N3O3. The van der Waals surface area contributed by atoms with Crippen LogP contribution in [0, 0.1) is 0 Å². The number of hydrogen-bond donors (Lipinski definition) is 1. The van der Waals surface area contributed by atoms with Crippen LogP contribution in [0.3, 0.4) is 0 Å². The summed E-state index contributed by atoms with van der Waals surface area (Å²) in [6.07, 6.45) is 2.87. The minimum atomic E-state index is -0.228. The molecule has 0 bridgehead atoms. The molecule has 0 radical (unpaired) electrons. The van der Waals surface area contributed by atoms with Crippen molar-refractivity contribution in [2.45, 2.75) is 18.9 Å². The summed E-state index contributed by atoms with van der Waals surface area (Å²) < 4.78 is 5.26. The molecule has 1 fully saturated rings. The van der Waals surface area contributed by atoms with Crippen LogP contribution >= 0.6 is 23.2 Å². The van der Waals surface area contributed by atoms with E-state index in [-0.39, 0.29) is 29.2 Å². The van der Waals surface area contributed by atoms with Crippen molar-refractivity contribution in [2.75, 3.05) is 20.2 Å². The fraction of sp³-hybridized carbons (Fsp3) is 0.316. The molecule has 0 unspecified atom stereocenters. The number of aromatic nitrogens is 1. The molecule has 1 aliphatic heterocycles. The number of nitrogens with one attached hydrogen (secondary N) is 1. The number of rotatable bonds is 4. The number of ether oxygens (including phenoxy) is 1. The SMILES string of the molecule is COc1c(Cl)ccc(Cl)c1C(=O)N1CCC(NC(=O)c2ccccn2)CC1. The van der Waals surface area contributed by atoms with E-state index in [1.165, 1.54) is 7.11 Å². The van der Waals surface area contributed by atoms with Crippen molar-refractivity contribution in [3.63, 3.8) is 0 Å². The molecule has 0 spiro atoms. The Hall–Kier alpha value is -2.31. The van der Waals surface area contributed by atoms with Crippen molar-refractivity contribution in [3.8, 4) is 5.75 Å². The molecule has 1 aromatic carbocycles. The number of likely N-dealkylation sites (tertiary alicyclic amines) is 1. The summed E-state index contributed by atoms with van der Waals surface area (Å²) in [5.41, 5.74) is 0.647. The van der Waals surface area contributed by atoms with Gasteiger partial charge in [0.05, 0.1) is 17.2 Å². The lowest BCUT2D eigenvalue weighted by Crippen LogP contribution is -2.46. The van der Waals surface area contributed by atoms with E-state index in [1.54, 1.807) is 41.4 Å². The number of pyridine rings is 1. The monoisotopic (exact) mass is 407 g/mol. The van der Waals surface area contributed by atoms with E-state index in [4.69, 9.17) is 27.9 Å². The summed E-state index contributed by atoms with van der Waals surface area (Å²) >= 11 is 12.3. The van der Waals surface area contributed by atoms with Gasteiger partial charge < -0.3 is 15.0 Å². The number of carbonyl (C=O) groups is 2. The first-order valence-electron chi connectivity index (χ1n) is 8.54. The van der Waals surface area contributed by atoms with Crippen LogP contribution in [0.15, 0.2) is 36.5 Å². The van der Waals surface area contributed by atoms with Crippen LogP contribution in [-0.2, 0) is 0 Å². The van der Waals surface area contributed by atoms with Gasteiger partial charge in [0, 0.05) is 25.3 Å². The third kappa shape index (κ3) is 4.34. The lowest BCUT2D eigenvalue weighted by atomic mass is 10.0. The van der Waals surface area contributed by atoms with Gasteiger partial charge in [0.25, 0.3) is 11.8 Å². The summed E-state index contributed by atoms with van der Waals surface area (Å²) in [6.45, 7) is 0.996. The van der Waals surface area contributed by atoms with Crippen LogP contribution in [0.1, 0.15) is 33.7 Å². The molecule has 27 heavy (non-hydrogen) atoms. The zero-order valence-corrected chi connectivity index (χ0v) is 16.3. The molecule has 1 aromatic heterocycles. The number of amides is 2. The number of benzene rings is 1. The van der Waals surface area contributed by atoms with Crippen LogP contribution in [0.25, 0.3) is 0 Å². The van der Waals surface area contributed by atoms with E-state index in [0.29, 0.717) is 41.7 Å². The Morgan fingerprint density at radius 2 is 1.85 bits per heavy atom. The molecule has 6 nitrogen and oxygen atoms in total. The lowest BCUT2D eigenvalue weighted by molar-refractivity contribution is 0.0694. The topological polar surface area (TPSA) is 71.5 Å². The van der Waals surface area contributed by atoms with Gasteiger partial charge in [-0.2, -0.15) is 0 Å². The van der Waals surface area contributed by atoms with Crippen molar-refractivity contribution in [2.24, 2.45) is 0 Å². The van der Waals surface area contributed by atoms with Gasteiger partial charge in [-0.1, -0.05) is 29.3 Å². The maximum absolute atomic E-state index is 12.9. The van der Waals surface area contributed by atoms with Gasteiger partial charge in [-0.3, -0.25) is 14.6 Å². The van der Waals surface area contributed by atoms with Crippen molar-refractivity contribution in [3.05, 3.63) is 57.8 Å². The molecule has 0 atom stereocenters. The highest BCUT2D eigenvalue weighted by molar-refractivity contribution is 6.37. The Kier molecular flexibility index (Phi) is 6.19. The van der Waals surface area contributed by atoms with E-state index in [0.717, 1.165) is 0 Å². The van der Waals surface area contributed by atoms with Gasteiger partial charge in [0.15, 0.2) is 5.75 Å². The maximum atomic E-state index is 12.9. The zero-order chi connectivity index (χ0) is 19.4. The average Bonchev–Trinajstić information content (AvgIpc) is 2.70. The second-order valence-electron chi connectivity index (χ2n) is 6.19. The summed E-state index contributed by atoms with van der Waals surface area (Å²) in [7, 11) is 1.45. The molecule has 2 heterocycles. The zero-order valence-electron chi connectivity index (χ0n) is 14.7. The van der Waals surface area contributed by atoms with Crippen molar-refractivity contribution >= 4 is 35.0 Å². The van der Waals surface area contributed by atoms with Crippen LogP contribution < -0.4 is 10.1 Å². The van der Waals surface area contributed by atoms with Crippen LogP contribution in [0.4, 0.5) is 0 Å². The van der Waals surface area contributed by atoms with E-state index in [9.17, 15) is 9.59 Å². The second-order valence-corrected chi connectivity index (χ2v) is 7.01. The molecule has 2 aromatic rings. The molecule has 142 valence electrons. The van der Waals surface area contributed by atoms with Crippen molar-refractivity contribution in [1.82, 2.24) is 15.2 Å². The average molecular weight is 408 g/mol. The Bertz CT molecular complexity index is 838. The number of halogens is 2. The third-order valence-electron chi connectivity index (χ3n) is 4.49. The number of nitrogens with zero attached hydrogens (tertiary/aromatic N) is 2. The summed E-state index contributed by atoms with van der Waals surface area (Å²) in [5, 5.41) is 3.60. The highest BCUT2D eigenvalue weighted by Gasteiger charge is 2.29. The summed E-state index contributed by atoms with van der Waals surface area (Å²) in [5.74, 6) is -0.159. The minimum Gasteiger partial charge on any atom is -0.494 e. The van der Waals surface area contributed by atoms with E-state index in [1.807, 2.05) is 0 Å². The molecule has 3 rings (SSSR count). The van der Waals surface area contributed by atoms with E-state index < -0.39 is 0 Å². The smallest absolute Gasteiger partial charge is 0.270 e. The fourth-order valence-electron chi connectivity index (χ4n) is 3.07. The van der Waals surface area contributed by atoms with Crippen molar-refractivity contribution in [1.29, 1.82) is 0 Å². The number of hydrogen-bond acceptors (Lipinski definition) is 4. The Labute approximate surface area is 167 Å². The first-order valence-corrected chi connectivity index (χ1v) is 9.30. The number of carbonyl (C=O) groups excluding carboxylic acids is 2. The van der Waals surface area contributed by atoms with Gasteiger partial charge in [-0.25, -0.2) is 0 Å². The molecule has 0 aliphatic carbocycles. The molecule has 1 saturated heterocycles. The fourth-order valence-corrected chi connectivity index (χ4v) is 3.54. The number of methoxy groups -OCH3 is 1. The summed E-state index contributed by atoms with van der Waals surface area (Å²) in [6, 6.07) is 8.36. The second kappa shape index (κ2) is 8.59. The van der Waals surface area contributed by atoms with Crippen LogP contribution in [0.5, 0.6) is 5.75 Å². The molecule has 1 N–H and O–H groups in total. The molecule has 0 saturated carbocycles. The minimum absolute atomic E-state index is 0.0136. The number of piperidine rings is 1. The Morgan fingerprint density at radius 1 is 1.15 bits per heavy atom.